The number of piperazine rings is 1. The van der Waals surface area contributed by atoms with E-state index in [4.69, 9.17) is 0 Å². The van der Waals surface area contributed by atoms with Gasteiger partial charge in [-0.1, -0.05) is 24.3 Å². The van der Waals surface area contributed by atoms with Crippen molar-refractivity contribution < 1.29 is 22.4 Å². The highest BCUT2D eigenvalue weighted by molar-refractivity contribution is 6.03. The summed E-state index contributed by atoms with van der Waals surface area (Å²) in [6.45, 7) is 3.82. The number of nitrogens with zero attached hydrogens (tertiary/aromatic N) is 3. The molecule has 0 spiro atoms. The van der Waals surface area contributed by atoms with Crippen molar-refractivity contribution in [3.8, 4) is 22.5 Å². The average Bonchev–Trinajstić information content (AvgIpc) is 2.89. The number of carbonyl (C=O) groups is 1. The molecular weight excluding hydrogens is 522 g/mol. The molecule has 0 bridgehead atoms. The smallest absolute Gasteiger partial charge is 0.322 e. The van der Waals surface area contributed by atoms with Gasteiger partial charge in [0, 0.05) is 53.8 Å². The van der Waals surface area contributed by atoms with Gasteiger partial charge in [0.05, 0.1) is 5.56 Å². The lowest BCUT2D eigenvalue weighted by atomic mass is 9.93. The van der Waals surface area contributed by atoms with Crippen molar-refractivity contribution in [1.82, 2.24) is 20.4 Å². The van der Waals surface area contributed by atoms with Gasteiger partial charge in [0.15, 0.2) is 0 Å². The third-order valence-corrected chi connectivity index (χ3v) is 6.46. The average molecular weight is 546 g/mol. The summed E-state index contributed by atoms with van der Waals surface area (Å²) >= 11 is 0. The summed E-state index contributed by atoms with van der Waals surface area (Å²) in [5.41, 5.74) is 0.520. The van der Waals surface area contributed by atoms with Gasteiger partial charge in [-0.3, -0.25) is 0 Å². The number of carbonyl (C=O) groups excluding carboxylic acids is 1. The summed E-state index contributed by atoms with van der Waals surface area (Å²) < 4.78 is 56.1. The molecule has 0 radical (unpaired) electrons. The van der Waals surface area contributed by atoms with Gasteiger partial charge in [0.1, 0.15) is 17.2 Å². The maximum absolute atomic E-state index is 14.2. The minimum Gasteiger partial charge on any atom is -0.322 e. The van der Waals surface area contributed by atoms with Gasteiger partial charge in [0.2, 0.25) is 0 Å². The van der Waals surface area contributed by atoms with Gasteiger partial charge in [-0.2, -0.15) is 13.2 Å². The molecule has 0 atom stereocenters. The summed E-state index contributed by atoms with van der Waals surface area (Å²) in [5, 5.41) is 15.5. The summed E-state index contributed by atoms with van der Waals surface area (Å²) in [7, 11) is 0. The molecule has 4 aromatic rings. The Labute approximate surface area is 222 Å². The van der Waals surface area contributed by atoms with E-state index >= 15 is 0 Å². The number of hydrogen-bond acceptors (Lipinski definition) is 4. The zero-order valence-corrected chi connectivity index (χ0v) is 21.1. The molecule has 1 fully saturated rings. The van der Waals surface area contributed by atoms with Crippen molar-refractivity contribution in [3.05, 3.63) is 77.6 Å². The van der Waals surface area contributed by atoms with E-state index in [-0.39, 0.29) is 40.9 Å². The molecular formula is C27H24ClF4N5O. The first-order valence-electron chi connectivity index (χ1n) is 11.7. The highest BCUT2D eigenvalue weighted by Gasteiger charge is 2.36. The molecule has 38 heavy (non-hydrogen) atoms. The predicted molar refractivity (Wildman–Crippen MR) is 141 cm³/mol. The first-order chi connectivity index (χ1) is 17.7. The second-order valence-corrected chi connectivity index (χ2v) is 8.78. The quantitative estimate of drug-likeness (QED) is 0.297. The predicted octanol–water partition coefficient (Wildman–Crippen LogP) is 6.29. The maximum Gasteiger partial charge on any atom is 0.417 e. The molecule has 198 valence electrons. The Bertz CT molecular complexity index is 1470. The van der Waals surface area contributed by atoms with Crippen LogP contribution in [0.1, 0.15) is 11.1 Å². The Hall–Kier alpha value is -3.76. The van der Waals surface area contributed by atoms with Crippen molar-refractivity contribution >= 4 is 34.9 Å². The SMILES string of the molecule is Cc1c(NC(=O)N2CCNCC2)ccc(C(F)(F)F)c1-c1nnc(-c2ccc(F)cc2)c2ccccc12.Cl. The summed E-state index contributed by atoms with van der Waals surface area (Å²) in [4.78, 5) is 14.4. The van der Waals surface area contributed by atoms with Crippen LogP contribution < -0.4 is 10.6 Å². The number of alkyl halides is 3. The number of halogens is 5. The van der Waals surface area contributed by atoms with Crippen LogP contribution in [0, 0.1) is 12.7 Å². The topological polar surface area (TPSA) is 70.2 Å². The highest BCUT2D eigenvalue weighted by Crippen LogP contribution is 2.43. The van der Waals surface area contributed by atoms with Crippen LogP contribution in [-0.4, -0.2) is 47.3 Å². The van der Waals surface area contributed by atoms with Gasteiger partial charge in [-0.15, -0.1) is 22.6 Å². The molecule has 0 aliphatic carbocycles. The lowest BCUT2D eigenvalue weighted by molar-refractivity contribution is -0.137. The number of anilines is 1. The monoisotopic (exact) mass is 545 g/mol. The molecule has 3 aromatic carbocycles. The third kappa shape index (κ3) is 5.27. The van der Waals surface area contributed by atoms with Crippen molar-refractivity contribution in [2.75, 3.05) is 31.5 Å². The van der Waals surface area contributed by atoms with E-state index in [1.54, 1.807) is 41.3 Å². The number of urea groups is 1. The summed E-state index contributed by atoms with van der Waals surface area (Å²) in [6, 6.07) is 14.4. The van der Waals surface area contributed by atoms with Crippen LogP contribution in [-0.2, 0) is 6.18 Å². The van der Waals surface area contributed by atoms with Crippen LogP contribution >= 0.6 is 12.4 Å². The fourth-order valence-corrected chi connectivity index (χ4v) is 4.56. The molecule has 11 heteroatoms. The van der Waals surface area contributed by atoms with Gasteiger partial charge in [-0.05, 0) is 48.9 Å². The molecule has 5 rings (SSSR count). The normalized spacial score (nSPS) is 13.8. The van der Waals surface area contributed by atoms with Crippen molar-refractivity contribution in [2.24, 2.45) is 0 Å². The second-order valence-electron chi connectivity index (χ2n) is 8.78. The summed E-state index contributed by atoms with van der Waals surface area (Å²) in [5.74, 6) is -0.414. The summed E-state index contributed by atoms with van der Waals surface area (Å²) in [6.07, 6.45) is -4.67. The third-order valence-electron chi connectivity index (χ3n) is 6.46. The lowest BCUT2D eigenvalue weighted by Gasteiger charge is -2.28. The van der Waals surface area contributed by atoms with Gasteiger partial charge < -0.3 is 15.5 Å². The Morgan fingerprint density at radius 3 is 2.16 bits per heavy atom. The molecule has 1 aliphatic heterocycles. The number of nitrogens with one attached hydrogen (secondary N) is 2. The van der Waals surface area contributed by atoms with Gasteiger partial charge in [-0.25, -0.2) is 9.18 Å². The minimum absolute atomic E-state index is 0. The molecule has 6 nitrogen and oxygen atoms in total. The molecule has 0 saturated carbocycles. The zero-order valence-electron chi connectivity index (χ0n) is 20.3. The second kappa shape index (κ2) is 10.9. The van der Waals surface area contributed by atoms with Crippen LogP contribution in [0.3, 0.4) is 0 Å². The Kier molecular flexibility index (Phi) is 7.84. The highest BCUT2D eigenvalue weighted by atomic mass is 35.5. The largest absolute Gasteiger partial charge is 0.417 e. The van der Waals surface area contributed by atoms with Crippen LogP contribution in [0.5, 0.6) is 0 Å². The van der Waals surface area contributed by atoms with Crippen LogP contribution in [0.15, 0.2) is 60.7 Å². The Morgan fingerprint density at radius 2 is 1.53 bits per heavy atom. The molecule has 1 aliphatic rings. The molecule has 2 N–H and O–H groups in total. The van der Waals surface area contributed by atoms with Crippen molar-refractivity contribution in [3.63, 3.8) is 0 Å². The molecule has 1 aromatic heterocycles. The fourth-order valence-electron chi connectivity index (χ4n) is 4.56. The van der Waals surface area contributed by atoms with E-state index in [1.165, 1.54) is 25.1 Å². The number of rotatable bonds is 3. The van der Waals surface area contributed by atoms with E-state index in [0.717, 1.165) is 6.07 Å². The molecule has 2 heterocycles. The number of aromatic nitrogens is 2. The number of fused-ring (bicyclic) bond motifs is 1. The zero-order chi connectivity index (χ0) is 26.2. The maximum atomic E-state index is 14.2. The number of amides is 2. The Balaban J connectivity index is 0.00000336. The lowest BCUT2D eigenvalue weighted by Crippen LogP contribution is -2.48. The van der Waals surface area contributed by atoms with E-state index in [0.29, 0.717) is 48.2 Å². The van der Waals surface area contributed by atoms with Crippen LogP contribution in [0.2, 0.25) is 0 Å². The molecule has 1 saturated heterocycles. The molecule has 0 unspecified atom stereocenters. The number of benzene rings is 3. The van der Waals surface area contributed by atoms with E-state index in [1.807, 2.05) is 0 Å². The number of hydrogen-bond donors (Lipinski definition) is 2. The minimum atomic E-state index is -4.67. The van der Waals surface area contributed by atoms with Crippen molar-refractivity contribution in [2.45, 2.75) is 13.1 Å². The molecule has 2 amide bonds. The van der Waals surface area contributed by atoms with Gasteiger partial charge in [0.25, 0.3) is 0 Å². The van der Waals surface area contributed by atoms with E-state index < -0.39 is 17.6 Å². The first-order valence-corrected chi connectivity index (χ1v) is 11.7. The van der Waals surface area contributed by atoms with Gasteiger partial charge >= 0.3 is 12.2 Å². The van der Waals surface area contributed by atoms with Crippen LogP contribution in [0.25, 0.3) is 33.3 Å². The van der Waals surface area contributed by atoms with E-state index in [2.05, 4.69) is 20.8 Å². The van der Waals surface area contributed by atoms with Crippen LogP contribution in [0.4, 0.5) is 28.0 Å². The standard InChI is InChI=1S/C27H23F4N5O.ClH/c1-16-22(33-26(37)36-14-12-32-13-15-36)11-10-21(27(29,30)31)23(16)25-20-5-3-2-4-19(20)24(34-35-25)17-6-8-18(28)9-7-17;/h2-11,32H,12-15H2,1H3,(H,33,37);1H. The fraction of sp³-hybridized carbons (Fsp3) is 0.222. The Morgan fingerprint density at radius 1 is 0.921 bits per heavy atom. The first kappa shape index (κ1) is 27.3. The van der Waals surface area contributed by atoms with Crippen molar-refractivity contribution in [1.29, 1.82) is 0 Å². The van der Waals surface area contributed by atoms with E-state index in [9.17, 15) is 22.4 Å².